The summed E-state index contributed by atoms with van der Waals surface area (Å²) in [5.41, 5.74) is 2.42. The van der Waals surface area contributed by atoms with Crippen LogP contribution in [-0.2, 0) is 17.8 Å². The van der Waals surface area contributed by atoms with Crippen molar-refractivity contribution < 1.29 is 13.7 Å². The topological polar surface area (TPSA) is 55.1 Å². The van der Waals surface area contributed by atoms with Gasteiger partial charge < -0.3 is 9.84 Å². The summed E-state index contributed by atoms with van der Waals surface area (Å²) < 4.78 is 18.9. The Bertz CT molecular complexity index is 879. The molecular formula is C19H16ClFN2O2. The zero-order valence-corrected chi connectivity index (χ0v) is 14.1. The summed E-state index contributed by atoms with van der Waals surface area (Å²) in [6.07, 6.45) is 2.11. The van der Waals surface area contributed by atoms with Crippen molar-refractivity contribution in [3.63, 3.8) is 0 Å². The van der Waals surface area contributed by atoms with Gasteiger partial charge in [-0.05, 0) is 36.2 Å². The van der Waals surface area contributed by atoms with Crippen LogP contribution in [-0.4, -0.2) is 11.1 Å². The van der Waals surface area contributed by atoms with E-state index in [-0.39, 0.29) is 18.1 Å². The second-order valence-electron chi connectivity index (χ2n) is 5.57. The highest BCUT2D eigenvalue weighted by atomic mass is 35.5. The molecule has 0 aliphatic carbocycles. The maximum Gasteiger partial charge on any atom is 0.220 e. The number of hydrogen-bond acceptors (Lipinski definition) is 3. The first-order valence-electron chi connectivity index (χ1n) is 7.83. The molecule has 0 saturated carbocycles. The lowest BCUT2D eigenvalue weighted by atomic mass is 10.0. The van der Waals surface area contributed by atoms with Crippen molar-refractivity contribution in [3.8, 4) is 11.3 Å². The van der Waals surface area contributed by atoms with Crippen molar-refractivity contribution in [3.05, 3.63) is 76.8 Å². The standard InChI is InChI=1S/C19H16ClFN2O2/c20-15-5-3-4-13(10-15)11-22-18(24)9-8-14-12-25-23-19(14)16-6-1-2-7-17(16)21/h1-7,10,12H,8-9,11H2,(H,22,24). The summed E-state index contributed by atoms with van der Waals surface area (Å²) in [5, 5.41) is 7.33. The first-order chi connectivity index (χ1) is 12.1. The average molecular weight is 359 g/mol. The van der Waals surface area contributed by atoms with Crippen molar-refractivity contribution in [2.45, 2.75) is 19.4 Å². The Morgan fingerprint density at radius 1 is 1.20 bits per heavy atom. The molecule has 4 nitrogen and oxygen atoms in total. The van der Waals surface area contributed by atoms with Gasteiger partial charge in [0, 0.05) is 29.1 Å². The highest BCUT2D eigenvalue weighted by Crippen LogP contribution is 2.25. The first-order valence-corrected chi connectivity index (χ1v) is 8.20. The molecular weight excluding hydrogens is 343 g/mol. The highest BCUT2D eigenvalue weighted by molar-refractivity contribution is 6.30. The Labute approximate surface area is 149 Å². The Balaban J connectivity index is 1.58. The van der Waals surface area contributed by atoms with Crippen LogP contribution in [0.3, 0.4) is 0 Å². The van der Waals surface area contributed by atoms with Crippen LogP contribution in [0.1, 0.15) is 17.5 Å². The molecule has 1 amide bonds. The number of aromatic nitrogens is 1. The van der Waals surface area contributed by atoms with Gasteiger partial charge in [0.05, 0.1) is 0 Å². The lowest BCUT2D eigenvalue weighted by molar-refractivity contribution is -0.121. The van der Waals surface area contributed by atoms with Crippen LogP contribution < -0.4 is 5.32 Å². The molecule has 3 rings (SSSR count). The van der Waals surface area contributed by atoms with Crippen LogP contribution >= 0.6 is 11.6 Å². The van der Waals surface area contributed by atoms with E-state index in [1.54, 1.807) is 30.3 Å². The average Bonchev–Trinajstić information content (AvgIpc) is 3.07. The number of halogens is 2. The molecule has 0 aliphatic heterocycles. The largest absolute Gasteiger partial charge is 0.364 e. The van der Waals surface area contributed by atoms with E-state index in [4.69, 9.17) is 16.1 Å². The number of hydrogen-bond donors (Lipinski definition) is 1. The predicted molar refractivity (Wildman–Crippen MR) is 93.5 cm³/mol. The summed E-state index contributed by atoms with van der Waals surface area (Å²) in [6, 6.07) is 13.7. The second kappa shape index (κ2) is 7.94. The Kier molecular flexibility index (Phi) is 5.46. The number of nitrogens with zero attached hydrogens (tertiary/aromatic N) is 1. The summed E-state index contributed by atoms with van der Waals surface area (Å²) in [6.45, 7) is 0.406. The number of amides is 1. The molecule has 0 fully saturated rings. The monoisotopic (exact) mass is 358 g/mol. The number of benzene rings is 2. The van der Waals surface area contributed by atoms with Gasteiger partial charge in [0.1, 0.15) is 17.8 Å². The van der Waals surface area contributed by atoms with Gasteiger partial charge in [-0.25, -0.2) is 4.39 Å². The number of rotatable bonds is 6. The summed E-state index contributed by atoms with van der Waals surface area (Å²) in [4.78, 5) is 12.0. The number of carbonyl (C=O) groups is 1. The second-order valence-corrected chi connectivity index (χ2v) is 6.01. The molecule has 0 aliphatic rings. The van der Waals surface area contributed by atoms with Gasteiger partial charge in [-0.3, -0.25) is 4.79 Å². The molecule has 0 atom stereocenters. The maximum atomic E-state index is 13.9. The molecule has 2 aromatic carbocycles. The van der Waals surface area contributed by atoms with E-state index in [9.17, 15) is 9.18 Å². The minimum Gasteiger partial charge on any atom is -0.364 e. The van der Waals surface area contributed by atoms with Gasteiger partial charge in [0.15, 0.2) is 0 Å². The van der Waals surface area contributed by atoms with Crippen molar-refractivity contribution in [1.82, 2.24) is 10.5 Å². The van der Waals surface area contributed by atoms with Crippen molar-refractivity contribution >= 4 is 17.5 Å². The SMILES string of the molecule is O=C(CCc1conc1-c1ccccc1F)NCc1cccc(Cl)c1. The van der Waals surface area contributed by atoms with E-state index in [0.29, 0.717) is 34.8 Å². The molecule has 0 saturated heterocycles. The van der Waals surface area contributed by atoms with Crippen molar-refractivity contribution in [2.75, 3.05) is 0 Å². The number of nitrogens with one attached hydrogen (secondary N) is 1. The molecule has 25 heavy (non-hydrogen) atoms. The Morgan fingerprint density at radius 2 is 2.04 bits per heavy atom. The summed E-state index contributed by atoms with van der Waals surface area (Å²) in [5.74, 6) is -0.483. The lowest BCUT2D eigenvalue weighted by Gasteiger charge is -2.06. The van der Waals surface area contributed by atoms with Gasteiger partial charge in [0.25, 0.3) is 0 Å². The summed E-state index contributed by atoms with van der Waals surface area (Å²) in [7, 11) is 0. The van der Waals surface area contributed by atoms with E-state index in [1.165, 1.54) is 12.3 Å². The van der Waals surface area contributed by atoms with Gasteiger partial charge >= 0.3 is 0 Å². The molecule has 0 radical (unpaired) electrons. The fourth-order valence-electron chi connectivity index (χ4n) is 2.49. The van der Waals surface area contributed by atoms with Gasteiger partial charge in [-0.15, -0.1) is 0 Å². The third-order valence-corrected chi connectivity index (χ3v) is 4.01. The fraction of sp³-hybridized carbons (Fsp3) is 0.158. The van der Waals surface area contributed by atoms with Crippen LogP contribution in [0.25, 0.3) is 11.3 Å². The van der Waals surface area contributed by atoms with E-state index in [1.807, 2.05) is 12.1 Å². The van der Waals surface area contributed by atoms with Crippen LogP contribution in [0.4, 0.5) is 4.39 Å². The molecule has 3 aromatic rings. The molecule has 0 spiro atoms. The summed E-state index contributed by atoms with van der Waals surface area (Å²) >= 11 is 5.92. The number of carbonyl (C=O) groups excluding carboxylic acids is 1. The molecule has 0 bridgehead atoms. The van der Waals surface area contributed by atoms with Crippen LogP contribution in [0.15, 0.2) is 59.3 Å². The Hall–Kier alpha value is -2.66. The highest BCUT2D eigenvalue weighted by Gasteiger charge is 2.15. The first kappa shape index (κ1) is 17.2. The minimum atomic E-state index is -0.372. The van der Waals surface area contributed by atoms with Crippen LogP contribution in [0.2, 0.25) is 5.02 Å². The molecule has 1 heterocycles. The Morgan fingerprint density at radius 3 is 2.84 bits per heavy atom. The lowest BCUT2D eigenvalue weighted by Crippen LogP contribution is -2.23. The predicted octanol–water partition coefficient (Wildman–Crippen LogP) is 4.38. The zero-order chi connectivity index (χ0) is 17.6. The smallest absolute Gasteiger partial charge is 0.220 e. The van der Waals surface area contributed by atoms with Crippen LogP contribution in [0, 0.1) is 5.82 Å². The molecule has 6 heteroatoms. The molecule has 0 unspecified atom stereocenters. The number of aryl methyl sites for hydroxylation is 1. The fourth-order valence-corrected chi connectivity index (χ4v) is 2.71. The minimum absolute atomic E-state index is 0.111. The van der Waals surface area contributed by atoms with Crippen molar-refractivity contribution in [1.29, 1.82) is 0 Å². The van der Waals surface area contributed by atoms with E-state index >= 15 is 0 Å². The van der Waals surface area contributed by atoms with Gasteiger partial charge in [-0.2, -0.15) is 0 Å². The van der Waals surface area contributed by atoms with E-state index in [2.05, 4.69) is 10.5 Å². The molecule has 128 valence electrons. The maximum absolute atomic E-state index is 13.9. The van der Waals surface area contributed by atoms with E-state index in [0.717, 1.165) is 5.56 Å². The third kappa shape index (κ3) is 4.45. The van der Waals surface area contributed by atoms with E-state index < -0.39 is 0 Å². The van der Waals surface area contributed by atoms with Crippen LogP contribution in [0.5, 0.6) is 0 Å². The zero-order valence-electron chi connectivity index (χ0n) is 13.3. The molecule has 1 aromatic heterocycles. The van der Waals surface area contributed by atoms with Gasteiger partial charge in [0.2, 0.25) is 5.91 Å². The third-order valence-electron chi connectivity index (χ3n) is 3.77. The normalized spacial score (nSPS) is 10.6. The van der Waals surface area contributed by atoms with Gasteiger partial charge in [-0.1, -0.05) is 41.0 Å². The quantitative estimate of drug-likeness (QED) is 0.711. The molecule has 1 N–H and O–H groups in total. The van der Waals surface area contributed by atoms with Crippen molar-refractivity contribution in [2.24, 2.45) is 0 Å².